The van der Waals surface area contributed by atoms with Crippen molar-refractivity contribution in [2.45, 2.75) is 63.1 Å². The van der Waals surface area contributed by atoms with Crippen molar-refractivity contribution in [2.24, 2.45) is 0 Å². The zero-order chi connectivity index (χ0) is 9.38. The molecule has 0 amide bonds. The molecule has 80 valence electrons. The first-order chi connectivity index (χ1) is 6.95. The molecular weight excluding hydrogens is 174 g/mol. The molecule has 0 N–H and O–H groups in total. The number of nitrogens with zero attached hydrogens (tertiary/aromatic N) is 1. The Kier molecular flexibility index (Phi) is 2.50. The smallest absolute Gasteiger partial charge is 0.0731 e. The van der Waals surface area contributed by atoms with E-state index in [1.165, 1.54) is 51.5 Å². The Labute approximate surface area is 86.6 Å². The topological polar surface area (TPSA) is 12.5 Å². The van der Waals surface area contributed by atoms with Crippen LogP contribution < -0.4 is 0 Å². The highest BCUT2D eigenvalue weighted by Gasteiger charge is 2.39. The van der Waals surface area contributed by atoms with Gasteiger partial charge in [0, 0.05) is 12.1 Å². The quantitative estimate of drug-likeness (QED) is 0.587. The lowest BCUT2D eigenvalue weighted by Crippen LogP contribution is -2.59. The van der Waals surface area contributed by atoms with Crippen LogP contribution in [-0.4, -0.2) is 36.2 Å². The van der Waals surface area contributed by atoms with E-state index in [1.54, 1.807) is 0 Å². The number of hydrogen-bond donors (Lipinski definition) is 0. The van der Waals surface area contributed by atoms with Gasteiger partial charge in [0.2, 0.25) is 0 Å². The predicted molar refractivity (Wildman–Crippen MR) is 56.3 cm³/mol. The van der Waals surface area contributed by atoms with E-state index in [9.17, 15) is 0 Å². The molecule has 14 heavy (non-hydrogen) atoms. The standard InChI is InChI=1S/C12H21NO/c1-2-7-12-11(6-1)13-8-4-3-5-10(13)9-14-12/h10-12H,1-9H2. The van der Waals surface area contributed by atoms with E-state index in [4.69, 9.17) is 4.74 Å². The summed E-state index contributed by atoms with van der Waals surface area (Å²) in [5.74, 6) is 0. The fourth-order valence-corrected chi connectivity index (χ4v) is 3.52. The van der Waals surface area contributed by atoms with Crippen molar-refractivity contribution >= 4 is 0 Å². The van der Waals surface area contributed by atoms with Crippen molar-refractivity contribution in [3.05, 3.63) is 0 Å². The first kappa shape index (κ1) is 9.17. The second kappa shape index (κ2) is 3.82. The molecule has 1 aliphatic carbocycles. The van der Waals surface area contributed by atoms with Gasteiger partial charge in [-0.3, -0.25) is 4.90 Å². The molecule has 2 heterocycles. The summed E-state index contributed by atoms with van der Waals surface area (Å²) in [4.78, 5) is 2.77. The van der Waals surface area contributed by atoms with Gasteiger partial charge in [-0.2, -0.15) is 0 Å². The first-order valence-electron chi connectivity index (χ1n) is 6.32. The maximum Gasteiger partial charge on any atom is 0.0731 e. The summed E-state index contributed by atoms with van der Waals surface area (Å²) in [5.41, 5.74) is 0. The normalized spacial score (nSPS) is 44.1. The fraction of sp³-hybridized carbons (Fsp3) is 1.00. The molecule has 0 radical (unpaired) electrons. The van der Waals surface area contributed by atoms with Crippen molar-refractivity contribution in [1.29, 1.82) is 0 Å². The number of ether oxygens (including phenoxy) is 1. The summed E-state index contributed by atoms with van der Waals surface area (Å²) in [6, 6.07) is 1.55. The van der Waals surface area contributed by atoms with E-state index in [-0.39, 0.29) is 0 Å². The molecule has 3 aliphatic rings. The maximum absolute atomic E-state index is 6.01. The Morgan fingerprint density at radius 2 is 1.79 bits per heavy atom. The van der Waals surface area contributed by atoms with Gasteiger partial charge in [0.15, 0.2) is 0 Å². The molecule has 3 rings (SSSR count). The third-order valence-electron chi connectivity index (χ3n) is 4.27. The largest absolute Gasteiger partial charge is 0.375 e. The minimum atomic E-state index is 0.582. The summed E-state index contributed by atoms with van der Waals surface area (Å²) < 4.78 is 6.01. The van der Waals surface area contributed by atoms with Gasteiger partial charge >= 0.3 is 0 Å². The van der Waals surface area contributed by atoms with Crippen LogP contribution in [-0.2, 0) is 4.74 Å². The highest BCUT2D eigenvalue weighted by atomic mass is 16.5. The SMILES string of the molecule is C1CCC2C(C1)OCC1CCCCN12. The Morgan fingerprint density at radius 3 is 2.79 bits per heavy atom. The van der Waals surface area contributed by atoms with Crippen LogP contribution in [0.1, 0.15) is 44.9 Å². The molecule has 3 fully saturated rings. The van der Waals surface area contributed by atoms with E-state index < -0.39 is 0 Å². The molecule has 3 atom stereocenters. The lowest BCUT2D eigenvalue weighted by Gasteiger charge is -2.50. The van der Waals surface area contributed by atoms with E-state index in [0.29, 0.717) is 6.10 Å². The van der Waals surface area contributed by atoms with Gasteiger partial charge in [0.05, 0.1) is 12.7 Å². The van der Waals surface area contributed by atoms with Crippen LogP contribution in [0.4, 0.5) is 0 Å². The molecule has 0 aromatic rings. The predicted octanol–water partition coefficient (Wildman–Crippen LogP) is 2.18. The minimum Gasteiger partial charge on any atom is -0.375 e. The Hall–Kier alpha value is -0.0800. The molecule has 0 bridgehead atoms. The zero-order valence-corrected chi connectivity index (χ0v) is 8.95. The third kappa shape index (κ3) is 1.49. The summed E-state index contributed by atoms with van der Waals surface area (Å²) in [5, 5.41) is 0. The van der Waals surface area contributed by atoms with Gasteiger partial charge in [0.1, 0.15) is 0 Å². The lowest BCUT2D eigenvalue weighted by atomic mass is 9.86. The second-order valence-corrected chi connectivity index (χ2v) is 5.11. The van der Waals surface area contributed by atoms with E-state index in [0.717, 1.165) is 18.7 Å². The average Bonchev–Trinajstić information content (AvgIpc) is 2.29. The summed E-state index contributed by atoms with van der Waals surface area (Å²) in [6.07, 6.45) is 10.3. The van der Waals surface area contributed by atoms with Crippen LogP contribution >= 0.6 is 0 Å². The van der Waals surface area contributed by atoms with Gasteiger partial charge < -0.3 is 4.74 Å². The number of hydrogen-bond acceptors (Lipinski definition) is 2. The van der Waals surface area contributed by atoms with E-state index >= 15 is 0 Å². The van der Waals surface area contributed by atoms with Gasteiger partial charge in [-0.05, 0) is 32.2 Å². The number of rotatable bonds is 0. The van der Waals surface area contributed by atoms with Crippen molar-refractivity contribution in [3.8, 4) is 0 Å². The van der Waals surface area contributed by atoms with Crippen molar-refractivity contribution < 1.29 is 4.74 Å². The van der Waals surface area contributed by atoms with Gasteiger partial charge in [-0.25, -0.2) is 0 Å². The number of piperidine rings is 1. The van der Waals surface area contributed by atoms with Crippen molar-refractivity contribution in [2.75, 3.05) is 13.2 Å². The minimum absolute atomic E-state index is 0.582. The van der Waals surface area contributed by atoms with Crippen molar-refractivity contribution in [3.63, 3.8) is 0 Å². The summed E-state index contributed by atoms with van der Waals surface area (Å²) >= 11 is 0. The van der Waals surface area contributed by atoms with Gasteiger partial charge in [-0.15, -0.1) is 0 Å². The van der Waals surface area contributed by atoms with Crippen LogP contribution in [0.25, 0.3) is 0 Å². The highest BCUT2D eigenvalue weighted by molar-refractivity contribution is 4.93. The molecule has 0 aromatic carbocycles. The molecule has 2 nitrogen and oxygen atoms in total. The summed E-state index contributed by atoms with van der Waals surface area (Å²) in [7, 11) is 0. The molecule has 2 saturated heterocycles. The molecule has 2 heteroatoms. The molecule has 2 aliphatic heterocycles. The van der Waals surface area contributed by atoms with Crippen LogP contribution in [0.2, 0.25) is 0 Å². The molecular formula is C12H21NO. The third-order valence-corrected chi connectivity index (χ3v) is 4.27. The zero-order valence-electron chi connectivity index (χ0n) is 8.95. The fourth-order valence-electron chi connectivity index (χ4n) is 3.52. The lowest BCUT2D eigenvalue weighted by molar-refractivity contribution is -0.128. The molecule has 3 unspecified atom stereocenters. The Balaban J connectivity index is 1.74. The van der Waals surface area contributed by atoms with Crippen LogP contribution in [0.3, 0.4) is 0 Å². The Morgan fingerprint density at radius 1 is 0.929 bits per heavy atom. The first-order valence-corrected chi connectivity index (χ1v) is 6.32. The molecule has 1 saturated carbocycles. The van der Waals surface area contributed by atoms with Crippen LogP contribution in [0, 0.1) is 0 Å². The van der Waals surface area contributed by atoms with Crippen LogP contribution in [0.5, 0.6) is 0 Å². The highest BCUT2D eigenvalue weighted by Crippen LogP contribution is 2.34. The van der Waals surface area contributed by atoms with Crippen LogP contribution in [0.15, 0.2) is 0 Å². The monoisotopic (exact) mass is 195 g/mol. The van der Waals surface area contributed by atoms with Gasteiger partial charge in [0.25, 0.3) is 0 Å². The van der Waals surface area contributed by atoms with E-state index in [1.807, 2.05) is 0 Å². The Bertz CT molecular complexity index is 184. The molecule has 0 spiro atoms. The maximum atomic E-state index is 6.01. The second-order valence-electron chi connectivity index (χ2n) is 5.11. The average molecular weight is 195 g/mol. The van der Waals surface area contributed by atoms with Gasteiger partial charge in [-0.1, -0.05) is 19.3 Å². The van der Waals surface area contributed by atoms with E-state index in [2.05, 4.69) is 4.90 Å². The number of fused-ring (bicyclic) bond motifs is 3. The number of morpholine rings is 1. The summed E-state index contributed by atoms with van der Waals surface area (Å²) in [6.45, 7) is 2.36. The van der Waals surface area contributed by atoms with Crippen molar-refractivity contribution in [1.82, 2.24) is 4.90 Å². The molecule has 0 aromatic heterocycles.